The van der Waals surface area contributed by atoms with E-state index in [0.29, 0.717) is 11.3 Å². The van der Waals surface area contributed by atoms with Crippen LogP contribution in [-0.4, -0.2) is 45.4 Å². The highest BCUT2D eigenvalue weighted by molar-refractivity contribution is 6.11. The summed E-state index contributed by atoms with van der Waals surface area (Å²) in [5.41, 5.74) is 7.82. The van der Waals surface area contributed by atoms with Crippen molar-refractivity contribution in [2.24, 2.45) is 0 Å². The molecule has 0 unspecified atom stereocenters. The molecule has 60 heavy (non-hydrogen) atoms. The van der Waals surface area contributed by atoms with Crippen molar-refractivity contribution < 1.29 is 40.9 Å². The van der Waals surface area contributed by atoms with Crippen LogP contribution in [0.25, 0.3) is 66.4 Å². The van der Waals surface area contributed by atoms with Crippen LogP contribution in [0.15, 0.2) is 140 Å². The Labute approximate surface area is 343 Å². The van der Waals surface area contributed by atoms with Gasteiger partial charge in [-0.3, -0.25) is 0 Å². The van der Waals surface area contributed by atoms with Crippen LogP contribution in [0.1, 0.15) is 16.7 Å². The van der Waals surface area contributed by atoms with E-state index in [0.717, 1.165) is 55.4 Å². The van der Waals surface area contributed by atoms with Crippen molar-refractivity contribution in [1.29, 1.82) is 0 Å². The molecule has 1 aliphatic heterocycles. The third kappa shape index (κ3) is 5.72. The number of nitrogens with zero attached hydrogens (tertiary/aromatic N) is 2. The minimum Gasteiger partial charge on any atom is -0.507 e. The summed E-state index contributed by atoms with van der Waals surface area (Å²) in [6.45, 7) is 7.53. The molecule has 0 atom stereocenters. The summed E-state index contributed by atoms with van der Waals surface area (Å²) < 4.78 is 1.93. The first-order valence-electron chi connectivity index (χ1n) is 19.0. The third-order valence-corrected chi connectivity index (χ3v) is 11.4. The number of rotatable bonds is 5. The van der Waals surface area contributed by atoms with Crippen LogP contribution in [0.3, 0.4) is 0 Å². The van der Waals surface area contributed by atoms with Crippen LogP contribution in [0.5, 0.6) is 46.0 Å². The molecule has 8 aromatic rings. The molecule has 0 fully saturated rings. The molecular formula is C50H38N2O8. The van der Waals surface area contributed by atoms with E-state index in [4.69, 9.17) is 0 Å². The largest absolute Gasteiger partial charge is 0.507 e. The van der Waals surface area contributed by atoms with Gasteiger partial charge in [-0.15, -0.1) is 0 Å². The number of aromatic hydroxyl groups is 8. The van der Waals surface area contributed by atoms with Crippen molar-refractivity contribution in [2.45, 2.75) is 13.8 Å². The summed E-state index contributed by atoms with van der Waals surface area (Å²) in [6, 6.07) is 34.9. The first-order valence-corrected chi connectivity index (χ1v) is 19.0. The highest BCUT2D eigenvalue weighted by atomic mass is 16.4. The lowest BCUT2D eigenvalue weighted by Crippen LogP contribution is -2.11. The van der Waals surface area contributed by atoms with Gasteiger partial charge < -0.3 is 50.3 Å². The van der Waals surface area contributed by atoms with Crippen LogP contribution in [0.4, 0.5) is 11.4 Å². The Kier molecular flexibility index (Phi) is 8.71. The Balaban J connectivity index is 1.28. The maximum Gasteiger partial charge on any atom is 0.208 e. The second kappa shape index (κ2) is 14.0. The molecule has 0 saturated heterocycles. The lowest BCUT2D eigenvalue weighted by atomic mass is 9.92. The van der Waals surface area contributed by atoms with Crippen LogP contribution < -0.4 is 4.90 Å². The van der Waals surface area contributed by atoms with Crippen LogP contribution in [0, 0.1) is 13.8 Å². The summed E-state index contributed by atoms with van der Waals surface area (Å²) in [6.07, 6.45) is 7.97. The van der Waals surface area contributed by atoms with Gasteiger partial charge in [0.15, 0.2) is 23.0 Å². The Morgan fingerprint density at radius 3 is 1.73 bits per heavy atom. The molecule has 9 rings (SSSR count). The molecule has 2 heterocycles. The highest BCUT2D eigenvalue weighted by Crippen LogP contribution is 2.56. The highest BCUT2D eigenvalue weighted by Gasteiger charge is 2.28. The van der Waals surface area contributed by atoms with E-state index in [1.807, 2.05) is 83.6 Å². The standard InChI is InChI=1S/C50H38N2O8/c1-26-11-9-10-20-51(33-12-5-4-6-13-33)38-18-16-29(24-36(26)38)30-17-19-40-37(25-30)35-14-7-8-15-39(35)52(40)34-22-31(41-43(53)27(2)28(3)44(54)45(41)55)21-32(23-34)42-46(56)48(58)50(60)49(59)47(42)57/h4-25,53-60H,1H2,2-3H3/b11-9-,20-10-. The fourth-order valence-corrected chi connectivity index (χ4v) is 8.12. The molecule has 1 aliphatic rings. The first kappa shape index (κ1) is 37.3. The van der Waals surface area contributed by atoms with Crippen LogP contribution in [-0.2, 0) is 0 Å². The summed E-state index contributed by atoms with van der Waals surface area (Å²) in [7, 11) is 0. The zero-order valence-corrected chi connectivity index (χ0v) is 32.4. The van der Waals surface area contributed by atoms with Gasteiger partial charge in [-0.25, -0.2) is 0 Å². The second-order valence-corrected chi connectivity index (χ2v) is 14.8. The molecule has 7 aromatic carbocycles. The van der Waals surface area contributed by atoms with E-state index in [2.05, 4.69) is 47.9 Å². The lowest BCUT2D eigenvalue weighted by Gasteiger charge is -2.25. The van der Waals surface area contributed by atoms with Crippen molar-refractivity contribution in [1.82, 2.24) is 4.57 Å². The molecule has 8 N–H and O–H groups in total. The number of fused-ring (bicyclic) bond motifs is 4. The smallest absolute Gasteiger partial charge is 0.208 e. The van der Waals surface area contributed by atoms with Gasteiger partial charge in [0.2, 0.25) is 17.2 Å². The van der Waals surface area contributed by atoms with E-state index in [1.54, 1.807) is 26.0 Å². The molecule has 0 spiro atoms. The van der Waals surface area contributed by atoms with E-state index in [9.17, 15) is 40.9 Å². The van der Waals surface area contributed by atoms with Gasteiger partial charge in [-0.05, 0) is 114 Å². The van der Waals surface area contributed by atoms with Crippen molar-refractivity contribution in [3.63, 3.8) is 0 Å². The molecule has 0 saturated carbocycles. The molecule has 0 radical (unpaired) electrons. The average molecular weight is 795 g/mol. The summed E-state index contributed by atoms with van der Waals surface area (Å²) in [5.74, 6) is -6.47. The normalized spacial score (nSPS) is 13.6. The average Bonchev–Trinajstić information content (AvgIpc) is 3.59. The topological polar surface area (TPSA) is 170 Å². The number of aromatic nitrogens is 1. The Morgan fingerprint density at radius 1 is 0.450 bits per heavy atom. The predicted molar refractivity (Wildman–Crippen MR) is 236 cm³/mol. The molecule has 0 aliphatic carbocycles. The Hall–Kier alpha value is -8.24. The molecule has 10 nitrogen and oxygen atoms in total. The number of hydrogen-bond acceptors (Lipinski definition) is 9. The quantitative estimate of drug-likeness (QED) is 0.0624. The number of para-hydroxylation sites is 2. The number of phenolic OH excluding ortho intramolecular Hbond substituents is 8. The van der Waals surface area contributed by atoms with Gasteiger partial charge >= 0.3 is 0 Å². The molecule has 0 amide bonds. The molecule has 1 aromatic heterocycles. The Morgan fingerprint density at radius 2 is 1.02 bits per heavy atom. The fourth-order valence-electron chi connectivity index (χ4n) is 8.12. The molecule has 10 heteroatoms. The van der Waals surface area contributed by atoms with E-state index >= 15 is 0 Å². The van der Waals surface area contributed by atoms with E-state index in [1.165, 1.54) is 6.07 Å². The van der Waals surface area contributed by atoms with Crippen molar-refractivity contribution in [3.05, 3.63) is 157 Å². The SMILES string of the molecule is C=C1/C=C\C=C/N(c2ccccc2)c2ccc(-c3ccc4c(c3)c3ccccc3n4-c3cc(-c4c(O)c(C)c(C)c(O)c4O)cc(-c4c(O)c(O)c(O)c(O)c4O)c3)cc21. The molecular weight excluding hydrogens is 757 g/mol. The van der Waals surface area contributed by atoms with Crippen molar-refractivity contribution in [2.75, 3.05) is 4.90 Å². The zero-order chi connectivity index (χ0) is 42.1. The fraction of sp³-hybridized carbons (Fsp3) is 0.0400. The van der Waals surface area contributed by atoms with Crippen LogP contribution in [0.2, 0.25) is 0 Å². The van der Waals surface area contributed by atoms with E-state index in [-0.39, 0.29) is 28.0 Å². The minimum absolute atomic E-state index is 0.0246. The van der Waals surface area contributed by atoms with Gasteiger partial charge in [-0.2, -0.15) is 0 Å². The number of phenols is 8. The maximum absolute atomic E-state index is 11.4. The monoisotopic (exact) mass is 794 g/mol. The number of allylic oxidation sites excluding steroid dienone is 4. The second-order valence-electron chi connectivity index (χ2n) is 14.8. The summed E-state index contributed by atoms with van der Waals surface area (Å²) in [5, 5.41) is 88.9. The number of anilines is 2. The summed E-state index contributed by atoms with van der Waals surface area (Å²) >= 11 is 0. The predicted octanol–water partition coefficient (Wildman–Crippen LogP) is 11.3. The Bertz CT molecular complexity index is 3030. The van der Waals surface area contributed by atoms with Crippen molar-refractivity contribution in [3.8, 4) is 85.1 Å². The zero-order valence-electron chi connectivity index (χ0n) is 32.4. The number of hydrogen-bond donors (Lipinski definition) is 8. The summed E-state index contributed by atoms with van der Waals surface area (Å²) in [4.78, 5) is 2.13. The minimum atomic E-state index is -1.12. The van der Waals surface area contributed by atoms with Crippen LogP contribution >= 0.6 is 0 Å². The lowest BCUT2D eigenvalue weighted by molar-refractivity contribution is 0.330. The van der Waals surface area contributed by atoms with Gasteiger partial charge in [0, 0.05) is 39.5 Å². The number of benzene rings is 7. The van der Waals surface area contributed by atoms with Gasteiger partial charge in [0.25, 0.3) is 0 Å². The molecule has 296 valence electrons. The third-order valence-electron chi connectivity index (χ3n) is 11.4. The first-order chi connectivity index (χ1) is 28.8. The van der Waals surface area contributed by atoms with E-state index < -0.39 is 45.8 Å². The maximum atomic E-state index is 11.4. The van der Waals surface area contributed by atoms with Crippen molar-refractivity contribution >= 4 is 38.8 Å². The van der Waals surface area contributed by atoms with Gasteiger partial charge in [0.1, 0.15) is 5.75 Å². The van der Waals surface area contributed by atoms with Gasteiger partial charge in [-0.1, -0.05) is 67.3 Å². The van der Waals surface area contributed by atoms with Gasteiger partial charge in [0.05, 0.1) is 27.8 Å². The molecule has 0 bridgehead atoms.